The van der Waals surface area contributed by atoms with Gasteiger partial charge in [0.15, 0.2) is 0 Å². The summed E-state index contributed by atoms with van der Waals surface area (Å²) in [5, 5.41) is 0. The molecule has 1 fully saturated rings. The van der Waals surface area contributed by atoms with E-state index in [9.17, 15) is 0 Å². The van der Waals surface area contributed by atoms with Gasteiger partial charge in [-0.25, -0.2) is 0 Å². The number of nitrogens with two attached hydrogens (primary N) is 1. The van der Waals surface area contributed by atoms with Crippen molar-refractivity contribution in [3.63, 3.8) is 0 Å². The molecule has 0 aromatic heterocycles. The summed E-state index contributed by atoms with van der Waals surface area (Å²) in [7, 11) is 0. The van der Waals surface area contributed by atoms with Crippen LogP contribution in [0.15, 0.2) is 24.3 Å². The summed E-state index contributed by atoms with van der Waals surface area (Å²) in [6.07, 6.45) is 2.71. The van der Waals surface area contributed by atoms with Gasteiger partial charge in [0.05, 0.1) is 0 Å². The predicted octanol–water partition coefficient (Wildman–Crippen LogP) is 3.12. The second-order valence-electron chi connectivity index (χ2n) is 6.04. The molecule has 0 bridgehead atoms. The second-order valence-corrected chi connectivity index (χ2v) is 6.04. The van der Waals surface area contributed by atoms with Crippen molar-refractivity contribution in [2.45, 2.75) is 45.7 Å². The van der Waals surface area contributed by atoms with Gasteiger partial charge in [0.1, 0.15) is 0 Å². The summed E-state index contributed by atoms with van der Waals surface area (Å²) in [4.78, 5) is 2.59. The van der Waals surface area contributed by atoms with E-state index in [-0.39, 0.29) is 6.04 Å². The molecule has 1 aliphatic rings. The standard InChI is InChI=1S/C16H26N2/c1-12(2)10-18(14-8-9-14)11-16(17)15-7-5-4-6-13(15)3/h4-7,12,14,16H,8-11,17H2,1-3H3. The Balaban J connectivity index is 2.00. The molecule has 0 amide bonds. The molecular formula is C16H26N2. The van der Waals surface area contributed by atoms with E-state index < -0.39 is 0 Å². The largest absolute Gasteiger partial charge is 0.323 e. The van der Waals surface area contributed by atoms with Crippen LogP contribution in [0.1, 0.15) is 43.9 Å². The molecular weight excluding hydrogens is 220 g/mol. The Morgan fingerprint density at radius 3 is 2.44 bits per heavy atom. The van der Waals surface area contributed by atoms with Gasteiger partial charge in [-0.15, -0.1) is 0 Å². The van der Waals surface area contributed by atoms with Crippen LogP contribution in [0.4, 0.5) is 0 Å². The molecule has 1 aromatic rings. The number of hydrogen-bond acceptors (Lipinski definition) is 2. The van der Waals surface area contributed by atoms with E-state index in [0.29, 0.717) is 0 Å². The molecule has 1 saturated carbocycles. The van der Waals surface area contributed by atoms with Crippen LogP contribution in [0.3, 0.4) is 0 Å². The number of benzene rings is 1. The first-order valence-corrected chi connectivity index (χ1v) is 7.13. The van der Waals surface area contributed by atoms with E-state index in [1.165, 1.54) is 30.5 Å². The van der Waals surface area contributed by atoms with E-state index in [1.54, 1.807) is 0 Å². The van der Waals surface area contributed by atoms with Crippen molar-refractivity contribution in [2.75, 3.05) is 13.1 Å². The molecule has 0 aliphatic heterocycles. The lowest BCUT2D eigenvalue weighted by molar-refractivity contribution is 0.221. The highest BCUT2D eigenvalue weighted by Gasteiger charge is 2.30. The third-order valence-electron chi connectivity index (χ3n) is 3.68. The zero-order chi connectivity index (χ0) is 13.1. The van der Waals surface area contributed by atoms with Crippen molar-refractivity contribution in [1.82, 2.24) is 4.90 Å². The first-order valence-electron chi connectivity index (χ1n) is 7.13. The quantitative estimate of drug-likeness (QED) is 0.835. The van der Waals surface area contributed by atoms with E-state index in [1.807, 2.05) is 0 Å². The number of rotatable bonds is 6. The Hall–Kier alpha value is -0.860. The summed E-state index contributed by atoms with van der Waals surface area (Å²) < 4.78 is 0. The van der Waals surface area contributed by atoms with Gasteiger partial charge in [-0.05, 0) is 36.8 Å². The first-order chi connectivity index (χ1) is 8.58. The lowest BCUT2D eigenvalue weighted by Crippen LogP contribution is -2.36. The van der Waals surface area contributed by atoms with Crippen molar-refractivity contribution in [3.05, 3.63) is 35.4 Å². The smallest absolute Gasteiger partial charge is 0.0427 e. The third-order valence-corrected chi connectivity index (χ3v) is 3.68. The van der Waals surface area contributed by atoms with Crippen molar-refractivity contribution in [3.8, 4) is 0 Å². The van der Waals surface area contributed by atoms with Crippen LogP contribution in [0.25, 0.3) is 0 Å². The van der Waals surface area contributed by atoms with E-state index >= 15 is 0 Å². The minimum atomic E-state index is 0.144. The second kappa shape index (κ2) is 5.85. The fourth-order valence-corrected chi connectivity index (χ4v) is 2.64. The molecule has 0 radical (unpaired) electrons. The van der Waals surface area contributed by atoms with Gasteiger partial charge in [-0.1, -0.05) is 38.1 Å². The van der Waals surface area contributed by atoms with Gasteiger partial charge in [0.2, 0.25) is 0 Å². The zero-order valence-electron chi connectivity index (χ0n) is 11.9. The SMILES string of the molecule is Cc1ccccc1C(N)CN(CC(C)C)C1CC1. The predicted molar refractivity (Wildman–Crippen MR) is 77.5 cm³/mol. The van der Waals surface area contributed by atoms with Crippen molar-refractivity contribution >= 4 is 0 Å². The fourth-order valence-electron chi connectivity index (χ4n) is 2.64. The van der Waals surface area contributed by atoms with Gasteiger partial charge in [0.25, 0.3) is 0 Å². The average molecular weight is 246 g/mol. The normalized spacial score (nSPS) is 17.4. The van der Waals surface area contributed by atoms with Gasteiger partial charge >= 0.3 is 0 Å². The van der Waals surface area contributed by atoms with Crippen LogP contribution in [0.5, 0.6) is 0 Å². The Morgan fingerprint density at radius 2 is 1.89 bits per heavy atom. The molecule has 100 valence electrons. The Labute approximate surface area is 111 Å². The molecule has 0 saturated heterocycles. The molecule has 18 heavy (non-hydrogen) atoms. The van der Waals surface area contributed by atoms with Crippen LogP contribution in [-0.2, 0) is 0 Å². The maximum absolute atomic E-state index is 6.40. The number of hydrogen-bond donors (Lipinski definition) is 1. The summed E-state index contributed by atoms with van der Waals surface area (Å²) >= 11 is 0. The molecule has 0 spiro atoms. The topological polar surface area (TPSA) is 29.3 Å². The zero-order valence-corrected chi connectivity index (χ0v) is 11.9. The maximum atomic E-state index is 6.40. The molecule has 2 rings (SSSR count). The Kier molecular flexibility index (Phi) is 4.41. The summed E-state index contributed by atoms with van der Waals surface area (Å²) in [6, 6.07) is 9.43. The number of aryl methyl sites for hydroxylation is 1. The Bertz CT molecular complexity index is 382. The van der Waals surface area contributed by atoms with Crippen molar-refractivity contribution < 1.29 is 0 Å². The average Bonchev–Trinajstić information content (AvgIpc) is 3.11. The highest BCUT2D eigenvalue weighted by Crippen LogP contribution is 2.29. The number of nitrogens with zero attached hydrogens (tertiary/aromatic N) is 1. The van der Waals surface area contributed by atoms with E-state index in [4.69, 9.17) is 5.73 Å². The minimum Gasteiger partial charge on any atom is -0.323 e. The van der Waals surface area contributed by atoms with Gasteiger partial charge in [-0.3, -0.25) is 4.90 Å². The lowest BCUT2D eigenvalue weighted by atomic mass is 10.0. The first kappa shape index (κ1) is 13.6. The lowest BCUT2D eigenvalue weighted by Gasteiger charge is -2.28. The molecule has 1 atom stereocenters. The van der Waals surface area contributed by atoms with Crippen molar-refractivity contribution in [1.29, 1.82) is 0 Å². The van der Waals surface area contributed by atoms with E-state index in [2.05, 4.69) is 49.9 Å². The minimum absolute atomic E-state index is 0.144. The van der Waals surface area contributed by atoms with Gasteiger partial charge in [-0.2, -0.15) is 0 Å². The summed E-state index contributed by atoms with van der Waals surface area (Å²) in [5.41, 5.74) is 9.00. The fraction of sp³-hybridized carbons (Fsp3) is 0.625. The molecule has 0 heterocycles. The van der Waals surface area contributed by atoms with Crippen LogP contribution < -0.4 is 5.73 Å². The van der Waals surface area contributed by atoms with Gasteiger partial charge in [0, 0.05) is 25.2 Å². The molecule has 1 aliphatic carbocycles. The maximum Gasteiger partial charge on any atom is 0.0427 e. The van der Waals surface area contributed by atoms with Crippen LogP contribution in [-0.4, -0.2) is 24.0 Å². The van der Waals surface area contributed by atoms with Crippen LogP contribution in [0.2, 0.25) is 0 Å². The van der Waals surface area contributed by atoms with Crippen LogP contribution in [0, 0.1) is 12.8 Å². The molecule has 2 nitrogen and oxygen atoms in total. The molecule has 1 unspecified atom stereocenters. The molecule has 2 N–H and O–H groups in total. The monoisotopic (exact) mass is 246 g/mol. The summed E-state index contributed by atoms with van der Waals surface area (Å²) in [5.74, 6) is 0.717. The van der Waals surface area contributed by atoms with E-state index in [0.717, 1.165) is 18.5 Å². The van der Waals surface area contributed by atoms with Crippen LogP contribution >= 0.6 is 0 Å². The molecule has 1 aromatic carbocycles. The summed E-state index contributed by atoms with van der Waals surface area (Å²) in [6.45, 7) is 8.89. The van der Waals surface area contributed by atoms with Gasteiger partial charge < -0.3 is 5.73 Å². The third kappa shape index (κ3) is 3.56. The van der Waals surface area contributed by atoms with Crippen molar-refractivity contribution in [2.24, 2.45) is 11.7 Å². The Morgan fingerprint density at radius 1 is 1.22 bits per heavy atom. The highest BCUT2D eigenvalue weighted by atomic mass is 15.2. The molecule has 2 heteroatoms. The highest BCUT2D eigenvalue weighted by molar-refractivity contribution is 5.28.